The number of hydrogen-bond acceptors (Lipinski definition) is 5. The SMILES string of the molecule is COc1cccc2oc(-c3ccc(CN)cn3)nc12. The zero-order chi connectivity index (χ0) is 13.2. The van der Waals surface area contributed by atoms with Crippen LogP contribution in [-0.2, 0) is 6.54 Å². The highest BCUT2D eigenvalue weighted by Crippen LogP contribution is 2.29. The molecule has 3 aromatic rings. The van der Waals surface area contributed by atoms with E-state index in [2.05, 4.69) is 9.97 Å². The van der Waals surface area contributed by atoms with Crippen molar-refractivity contribution in [1.82, 2.24) is 9.97 Å². The van der Waals surface area contributed by atoms with Gasteiger partial charge in [-0.2, -0.15) is 0 Å². The van der Waals surface area contributed by atoms with Gasteiger partial charge in [0, 0.05) is 12.7 Å². The maximum atomic E-state index is 5.69. The number of ether oxygens (including phenoxy) is 1. The smallest absolute Gasteiger partial charge is 0.246 e. The predicted octanol–water partition coefficient (Wildman–Crippen LogP) is 2.36. The van der Waals surface area contributed by atoms with Gasteiger partial charge in [0.2, 0.25) is 5.89 Å². The summed E-state index contributed by atoms with van der Waals surface area (Å²) >= 11 is 0. The van der Waals surface area contributed by atoms with E-state index in [1.165, 1.54) is 0 Å². The van der Waals surface area contributed by atoms with Crippen LogP contribution >= 0.6 is 0 Å². The molecule has 0 fully saturated rings. The normalized spacial score (nSPS) is 10.8. The van der Waals surface area contributed by atoms with Gasteiger partial charge in [-0.3, -0.25) is 4.98 Å². The van der Waals surface area contributed by atoms with Crippen LogP contribution in [0.15, 0.2) is 40.9 Å². The van der Waals surface area contributed by atoms with E-state index >= 15 is 0 Å². The molecule has 3 rings (SSSR count). The van der Waals surface area contributed by atoms with Gasteiger partial charge < -0.3 is 14.9 Å². The van der Waals surface area contributed by atoms with E-state index in [4.69, 9.17) is 14.9 Å². The number of hydrogen-bond donors (Lipinski definition) is 1. The number of nitrogens with zero attached hydrogens (tertiary/aromatic N) is 2. The lowest BCUT2D eigenvalue weighted by Crippen LogP contribution is -1.96. The average molecular weight is 255 g/mol. The molecule has 0 atom stereocenters. The van der Waals surface area contributed by atoms with Crippen LogP contribution in [0.3, 0.4) is 0 Å². The van der Waals surface area contributed by atoms with Gasteiger partial charge in [-0.1, -0.05) is 12.1 Å². The summed E-state index contributed by atoms with van der Waals surface area (Å²) in [5, 5.41) is 0. The maximum Gasteiger partial charge on any atom is 0.246 e. The Hall–Kier alpha value is -2.40. The van der Waals surface area contributed by atoms with E-state index in [-0.39, 0.29) is 0 Å². The van der Waals surface area contributed by atoms with Crippen LogP contribution in [0.1, 0.15) is 5.56 Å². The van der Waals surface area contributed by atoms with Crippen LogP contribution in [0.2, 0.25) is 0 Å². The van der Waals surface area contributed by atoms with Crippen molar-refractivity contribution in [2.45, 2.75) is 6.54 Å². The lowest BCUT2D eigenvalue weighted by molar-refractivity contribution is 0.419. The summed E-state index contributed by atoms with van der Waals surface area (Å²) in [5.74, 6) is 1.16. The number of methoxy groups -OCH3 is 1. The van der Waals surface area contributed by atoms with Crippen molar-refractivity contribution >= 4 is 11.1 Å². The molecule has 2 aromatic heterocycles. The quantitative estimate of drug-likeness (QED) is 0.777. The Bertz CT molecular complexity index is 704. The van der Waals surface area contributed by atoms with Crippen LogP contribution in [0.5, 0.6) is 5.75 Å². The van der Waals surface area contributed by atoms with Crippen molar-refractivity contribution in [3.63, 3.8) is 0 Å². The number of fused-ring (bicyclic) bond motifs is 1. The zero-order valence-electron chi connectivity index (χ0n) is 10.5. The molecule has 0 spiro atoms. The molecule has 5 nitrogen and oxygen atoms in total. The first-order valence-electron chi connectivity index (χ1n) is 5.90. The first-order valence-corrected chi connectivity index (χ1v) is 5.90. The van der Waals surface area contributed by atoms with Gasteiger partial charge in [-0.05, 0) is 23.8 Å². The first kappa shape index (κ1) is 11.7. The Balaban J connectivity index is 2.09. The van der Waals surface area contributed by atoms with Crippen molar-refractivity contribution < 1.29 is 9.15 Å². The minimum Gasteiger partial charge on any atom is -0.494 e. The minimum atomic E-state index is 0.467. The van der Waals surface area contributed by atoms with Gasteiger partial charge in [0.1, 0.15) is 11.4 Å². The van der Waals surface area contributed by atoms with Gasteiger partial charge in [-0.25, -0.2) is 4.98 Å². The van der Waals surface area contributed by atoms with E-state index < -0.39 is 0 Å². The van der Waals surface area contributed by atoms with Crippen molar-refractivity contribution in [1.29, 1.82) is 0 Å². The van der Waals surface area contributed by atoms with Gasteiger partial charge in [0.25, 0.3) is 0 Å². The molecule has 2 heterocycles. The number of oxazole rings is 1. The second-order valence-electron chi connectivity index (χ2n) is 4.08. The molecule has 0 unspecified atom stereocenters. The lowest BCUT2D eigenvalue weighted by Gasteiger charge is -1.97. The van der Waals surface area contributed by atoms with Crippen LogP contribution < -0.4 is 10.5 Å². The first-order chi connectivity index (χ1) is 9.31. The molecule has 2 N–H and O–H groups in total. The highest BCUT2D eigenvalue weighted by Gasteiger charge is 2.12. The summed E-state index contributed by atoms with van der Waals surface area (Å²) in [6.07, 6.45) is 1.72. The number of nitrogens with two attached hydrogens (primary N) is 1. The summed E-state index contributed by atoms with van der Waals surface area (Å²) in [6, 6.07) is 9.32. The maximum absolute atomic E-state index is 5.69. The number of benzene rings is 1. The summed E-state index contributed by atoms with van der Waals surface area (Å²) in [4.78, 5) is 8.72. The fraction of sp³-hybridized carbons (Fsp3) is 0.143. The van der Waals surface area contributed by atoms with Crippen molar-refractivity contribution in [2.75, 3.05) is 7.11 Å². The number of rotatable bonds is 3. The highest BCUT2D eigenvalue weighted by molar-refractivity contribution is 5.81. The number of pyridine rings is 1. The zero-order valence-corrected chi connectivity index (χ0v) is 10.5. The molecule has 0 saturated carbocycles. The van der Waals surface area contributed by atoms with Gasteiger partial charge >= 0.3 is 0 Å². The molecule has 0 bridgehead atoms. The molecule has 0 aliphatic rings. The van der Waals surface area contributed by atoms with Crippen molar-refractivity contribution in [3.05, 3.63) is 42.1 Å². The summed E-state index contributed by atoms with van der Waals surface area (Å²) < 4.78 is 10.9. The third kappa shape index (κ3) is 2.04. The Morgan fingerprint density at radius 3 is 2.84 bits per heavy atom. The summed E-state index contributed by atoms with van der Waals surface area (Å²) in [5.41, 5.74) is 8.57. The summed E-state index contributed by atoms with van der Waals surface area (Å²) in [6.45, 7) is 0.467. The molecule has 0 radical (unpaired) electrons. The third-order valence-corrected chi connectivity index (χ3v) is 2.88. The number of aromatic nitrogens is 2. The van der Waals surface area contributed by atoms with E-state index in [0.717, 1.165) is 5.56 Å². The molecule has 0 aliphatic carbocycles. The molecule has 0 aliphatic heterocycles. The molecule has 0 saturated heterocycles. The molecule has 96 valence electrons. The average Bonchev–Trinajstić information content (AvgIpc) is 2.91. The van der Waals surface area contributed by atoms with E-state index in [1.807, 2.05) is 30.3 Å². The third-order valence-electron chi connectivity index (χ3n) is 2.88. The fourth-order valence-electron chi connectivity index (χ4n) is 1.87. The Morgan fingerprint density at radius 1 is 1.26 bits per heavy atom. The van der Waals surface area contributed by atoms with Gasteiger partial charge in [0.15, 0.2) is 11.1 Å². The van der Waals surface area contributed by atoms with Crippen molar-refractivity contribution in [2.24, 2.45) is 5.73 Å². The lowest BCUT2D eigenvalue weighted by atomic mass is 10.2. The second kappa shape index (κ2) is 4.70. The van der Waals surface area contributed by atoms with Crippen molar-refractivity contribution in [3.8, 4) is 17.3 Å². The summed E-state index contributed by atoms with van der Waals surface area (Å²) in [7, 11) is 1.61. The molecule has 19 heavy (non-hydrogen) atoms. The number of para-hydroxylation sites is 1. The second-order valence-corrected chi connectivity index (χ2v) is 4.08. The monoisotopic (exact) mass is 255 g/mol. The van der Waals surface area contributed by atoms with Crippen LogP contribution in [0.4, 0.5) is 0 Å². The molecular weight excluding hydrogens is 242 g/mol. The van der Waals surface area contributed by atoms with E-state index in [0.29, 0.717) is 35.0 Å². The van der Waals surface area contributed by atoms with Crippen LogP contribution in [0, 0.1) is 0 Å². The van der Waals surface area contributed by atoms with Gasteiger partial charge in [-0.15, -0.1) is 0 Å². The Kier molecular flexibility index (Phi) is 2.89. The Labute approximate surface area is 110 Å². The van der Waals surface area contributed by atoms with Crippen LogP contribution in [-0.4, -0.2) is 17.1 Å². The largest absolute Gasteiger partial charge is 0.494 e. The van der Waals surface area contributed by atoms with E-state index in [9.17, 15) is 0 Å². The standard InChI is InChI=1S/C14H13N3O2/c1-18-11-3-2-4-12-13(11)17-14(19-12)10-6-5-9(7-15)8-16-10/h2-6,8H,7,15H2,1H3. The van der Waals surface area contributed by atoms with E-state index in [1.54, 1.807) is 13.3 Å². The predicted molar refractivity (Wildman–Crippen MR) is 71.7 cm³/mol. The molecule has 5 heteroatoms. The molecular formula is C14H13N3O2. The molecule has 1 aromatic carbocycles. The molecule has 0 amide bonds. The van der Waals surface area contributed by atoms with Crippen LogP contribution in [0.25, 0.3) is 22.7 Å². The van der Waals surface area contributed by atoms with Gasteiger partial charge in [0.05, 0.1) is 7.11 Å². The highest BCUT2D eigenvalue weighted by atomic mass is 16.5. The topological polar surface area (TPSA) is 74.2 Å². The minimum absolute atomic E-state index is 0.467. The Morgan fingerprint density at radius 2 is 2.16 bits per heavy atom. The fourth-order valence-corrected chi connectivity index (χ4v) is 1.87.